The lowest BCUT2D eigenvalue weighted by molar-refractivity contribution is 0.0416. The zero-order valence-electron chi connectivity index (χ0n) is 10.2. The molecule has 96 valence electrons. The third-order valence-electron chi connectivity index (χ3n) is 2.73. The summed E-state index contributed by atoms with van der Waals surface area (Å²) >= 11 is 5.70. The molecule has 0 radical (unpaired) electrons. The van der Waals surface area contributed by atoms with Crippen molar-refractivity contribution >= 4 is 11.6 Å². The quantitative estimate of drug-likeness (QED) is 0.852. The summed E-state index contributed by atoms with van der Waals surface area (Å²) in [5.74, 6) is -0.306. The Hall–Kier alpha value is -0.640. The Bertz CT molecular complexity index is 359. The van der Waals surface area contributed by atoms with E-state index in [4.69, 9.17) is 22.1 Å². The van der Waals surface area contributed by atoms with Gasteiger partial charge in [0.1, 0.15) is 5.82 Å². The van der Waals surface area contributed by atoms with E-state index >= 15 is 0 Å². The molecule has 0 aliphatic heterocycles. The van der Waals surface area contributed by atoms with Crippen LogP contribution in [0.2, 0.25) is 5.02 Å². The smallest absolute Gasteiger partial charge is 0.127 e. The van der Waals surface area contributed by atoms with E-state index in [1.165, 1.54) is 6.07 Å². The van der Waals surface area contributed by atoms with Crippen molar-refractivity contribution in [1.82, 2.24) is 0 Å². The van der Waals surface area contributed by atoms with Crippen molar-refractivity contribution in [2.45, 2.75) is 38.8 Å². The minimum absolute atomic E-state index is 0.0323. The molecule has 1 aromatic carbocycles. The SMILES string of the molecule is CCOC(CC)C(N)Cc1ccc(Cl)cc1F. The van der Waals surface area contributed by atoms with Crippen molar-refractivity contribution in [3.8, 4) is 0 Å². The van der Waals surface area contributed by atoms with Gasteiger partial charge in [-0.2, -0.15) is 0 Å². The summed E-state index contributed by atoms with van der Waals surface area (Å²) in [5.41, 5.74) is 6.61. The molecule has 2 atom stereocenters. The lowest BCUT2D eigenvalue weighted by Gasteiger charge is -2.22. The molecular weight excluding hydrogens is 241 g/mol. The topological polar surface area (TPSA) is 35.2 Å². The zero-order chi connectivity index (χ0) is 12.8. The van der Waals surface area contributed by atoms with Gasteiger partial charge in [0.15, 0.2) is 0 Å². The predicted octanol–water partition coefficient (Wildman–Crippen LogP) is 3.16. The Morgan fingerprint density at radius 3 is 2.65 bits per heavy atom. The van der Waals surface area contributed by atoms with Crippen LogP contribution in [0.1, 0.15) is 25.8 Å². The second kappa shape index (κ2) is 6.94. The van der Waals surface area contributed by atoms with Gasteiger partial charge in [-0.1, -0.05) is 24.6 Å². The molecule has 0 saturated carbocycles. The standard InChI is InChI=1S/C13H19ClFNO/c1-3-13(17-4-2)12(16)7-9-5-6-10(14)8-11(9)15/h5-6,8,12-13H,3-4,7,16H2,1-2H3. The molecule has 0 spiro atoms. The summed E-state index contributed by atoms with van der Waals surface area (Å²) in [4.78, 5) is 0. The first-order valence-corrected chi connectivity index (χ1v) is 6.27. The van der Waals surface area contributed by atoms with Gasteiger partial charge in [0.05, 0.1) is 6.10 Å². The van der Waals surface area contributed by atoms with Crippen LogP contribution in [0.5, 0.6) is 0 Å². The van der Waals surface area contributed by atoms with Crippen molar-refractivity contribution in [1.29, 1.82) is 0 Å². The largest absolute Gasteiger partial charge is 0.377 e. The first-order valence-electron chi connectivity index (χ1n) is 5.89. The molecule has 2 unspecified atom stereocenters. The molecule has 0 heterocycles. The molecule has 1 rings (SSSR count). The Kier molecular flexibility index (Phi) is 5.89. The van der Waals surface area contributed by atoms with Crippen molar-refractivity contribution in [2.24, 2.45) is 5.73 Å². The molecule has 0 aliphatic carbocycles. The molecule has 0 bridgehead atoms. The summed E-state index contributed by atoms with van der Waals surface area (Å²) in [6.07, 6.45) is 1.25. The first-order chi connectivity index (χ1) is 8.08. The van der Waals surface area contributed by atoms with Crippen LogP contribution in [0, 0.1) is 5.82 Å². The van der Waals surface area contributed by atoms with E-state index < -0.39 is 0 Å². The van der Waals surface area contributed by atoms with Gasteiger partial charge in [0, 0.05) is 17.7 Å². The van der Waals surface area contributed by atoms with Crippen LogP contribution in [0.15, 0.2) is 18.2 Å². The number of halogens is 2. The summed E-state index contributed by atoms with van der Waals surface area (Å²) in [6.45, 7) is 4.56. The average molecular weight is 260 g/mol. The highest BCUT2D eigenvalue weighted by atomic mass is 35.5. The number of nitrogens with two attached hydrogens (primary N) is 1. The maximum absolute atomic E-state index is 13.6. The highest BCUT2D eigenvalue weighted by Gasteiger charge is 2.18. The predicted molar refractivity (Wildman–Crippen MR) is 68.8 cm³/mol. The third-order valence-corrected chi connectivity index (χ3v) is 2.97. The normalized spacial score (nSPS) is 14.6. The average Bonchev–Trinajstić information content (AvgIpc) is 2.29. The van der Waals surface area contributed by atoms with Crippen molar-refractivity contribution < 1.29 is 9.13 Å². The van der Waals surface area contributed by atoms with E-state index in [-0.39, 0.29) is 18.0 Å². The Labute approximate surface area is 107 Å². The molecule has 0 aromatic heterocycles. The monoisotopic (exact) mass is 259 g/mol. The molecule has 1 aromatic rings. The van der Waals surface area contributed by atoms with Crippen LogP contribution in [0.4, 0.5) is 4.39 Å². The molecule has 2 nitrogen and oxygen atoms in total. The number of hydrogen-bond donors (Lipinski definition) is 1. The Balaban J connectivity index is 2.69. The van der Waals surface area contributed by atoms with E-state index in [9.17, 15) is 4.39 Å². The molecule has 17 heavy (non-hydrogen) atoms. The molecule has 0 aliphatic rings. The van der Waals surface area contributed by atoms with Gasteiger partial charge < -0.3 is 10.5 Å². The van der Waals surface area contributed by atoms with Gasteiger partial charge in [-0.05, 0) is 37.5 Å². The minimum atomic E-state index is -0.306. The van der Waals surface area contributed by atoms with Crippen LogP contribution < -0.4 is 5.73 Å². The number of hydrogen-bond acceptors (Lipinski definition) is 2. The maximum Gasteiger partial charge on any atom is 0.127 e. The van der Waals surface area contributed by atoms with Crippen LogP contribution in [0.25, 0.3) is 0 Å². The highest BCUT2D eigenvalue weighted by Crippen LogP contribution is 2.17. The number of benzene rings is 1. The molecule has 0 fully saturated rings. The highest BCUT2D eigenvalue weighted by molar-refractivity contribution is 6.30. The van der Waals surface area contributed by atoms with Gasteiger partial charge in [-0.3, -0.25) is 0 Å². The van der Waals surface area contributed by atoms with Crippen molar-refractivity contribution in [3.63, 3.8) is 0 Å². The first kappa shape index (κ1) is 14.4. The van der Waals surface area contributed by atoms with Gasteiger partial charge in [-0.25, -0.2) is 4.39 Å². The molecule has 2 N–H and O–H groups in total. The fourth-order valence-corrected chi connectivity index (χ4v) is 1.99. The fourth-order valence-electron chi connectivity index (χ4n) is 1.83. The lowest BCUT2D eigenvalue weighted by atomic mass is 10.00. The zero-order valence-corrected chi connectivity index (χ0v) is 11.0. The van der Waals surface area contributed by atoms with E-state index in [0.29, 0.717) is 23.6 Å². The van der Waals surface area contributed by atoms with Crippen LogP contribution >= 0.6 is 11.6 Å². The summed E-state index contributed by atoms with van der Waals surface area (Å²) < 4.78 is 19.1. The maximum atomic E-state index is 13.6. The number of rotatable bonds is 6. The lowest BCUT2D eigenvalue weighted by Crippen LogP contribution is -2.38. The van der Waals surface area contributed by atoms with Gasteiger partial charge in [-0.15, -0.1) is 0 Å². The molecular formula is C13H19ClFNO. The van der Waals surface area contributed by atoms with Gasteiger partial charge >= 0.3 is 0 Å². The Morgan fingerprint density at radius 2 is 2.12 bits per heavy atom. The summed E-state index contributed by atoms with van der Waals surface area (Å²) in [5, 5.41) is 0.400. The third kappa shape index (κ3) is 4.26. The molecule has 0 amide bonds. The number of ether oxygens (including phenoxy) is 1. The van der Waals surface area contributed by atoms with E-state index in [2.05, 4.69) is 0 Å². The van der Waals surface area contributed by atoms with Gasteiger partial charge in [0.25, 0.3) is 0 Å². The fraction of sp³-hybridized carbons (Fsp3) is 0.538. The summed E-state index contributed by atoms with van der Waals surface area (Å²) in [6, 6.07) is 4.46. The second-order valence-electron chi connectivity index (χ2n) is 4.01. The second-order valence-corrected chi connectivity index (χ2v) is 4.44. The van der Waals surface area contributed by atoms with Crippen LogP contribution in [-0.2, 0) is 11.2 Å². The van der Waals surface area contributed by atoms with Crippen LogP contribution in [-0.4, -0.2) is 18.8 Å². The van der Waals surface area contributed by atoms with Gasteiger partial charge in [0.2, 0.25) is 0 Å². The van der Waals surface area contributed by atoms with E-state index in [1.54, 1.807) is 12.1 Å². The van der Waals surface area contributed by atoms with E-state index in [0.717, 1.165) is 6.42 Å². The summed E-state index contributed by atoms with van der Waals surface area (Å²) in [7, 11) is 0. The van der Waals surface area contributed by atoms with Crippen LogP contribution in [0.3, 0.4) is 0 Å². The minimum Gasteiger partial charge on any atom is -0.377 e. The van der Waals surface area contributed by atoms with Crippen molar-refractivity contribution in [2.75, 3.05) is 6.61 Å². The Morgan fingerprint density at radius 1 is 1.41 bits per heavy atom. The molecule has 4 heteroatoms. The molecule has 0 saturated heterocycles. The van der Waals surface area contributed by atoms with Crippen molar-refractivity contribution in [3.05, 3.63) is 34.6 Å². The van der Waals surface area contributed by atoms with E-state index in [1.807, 2.05) is 13.8 Å².